The SMILES string of the molecule is CCCSc1ccc2c(c1)nc(NC(=O)OC)n2CCP(=O)([O-])[O-]. The van der Waals surface area contributed by atoms with Gasteiger partial charge in [0.15, 0.2) is 0 Å². The number of aromatic nitrogens is 2. The molecule has 0 spiro atoms. The van der Waals surface area contributed by atoms with Crippen LogP contribution in [0.4, 0.5) is 10.7 Å². The fourth-order valence-electron chi connectivity index (χ4n) is 2.11. The zero-order valence-electron chi connectivity index (χ0n) is 13.4. The fourth-order valence-corrected chi connectivity index (χ4v) is 3.35. The molecule has 1 amide bonds. The second kappa shape index (κ2) is 8.02. The monoisotopic (exact) mass is 371 g/mol. The lowest BCUT2D eigenvalue weighted by molar-refractivity contribution is -0.313. The van der Waals surface area contributed by atoms with Crippen molar-refractivity contribution in [3.8, 4) is 0 Å². The first-order valence-electron chi connectivity index (χ1n) is 7.33. The van der Waals surface area contributed by atoms with Gasteiger partial charge in [0, 0.05) is 11.4 Å². The van der Waals surface area contributed by atoms with Crippen LogP contribution in [0.25, 0.3) is 11.0 Å². The molecule has 0 aliphatic carbocycles. The number of nitrogens with zero attached hydrogens (tertiary/aromatic N) is 2. The number of thioether (sulfide) groups is 1. The third kappa shape index (κ3) is 4.98. The molecule has 1 aromatic carbocycles. The molecule has 10 heteroatoms. The third-order valence-corrected chi connectivity index (χ3v) is 5.14. The van der Waals surface area contributed by atoms with Crippen LogP contribution in [0.15, 0.2) is 23.1 Å². The molecular weight excluding hydrogens is 353 g/mol. The number of nitrogens with one attached hydrogen (secondary N) is 1. The Bertz CT molecular complexity index is 773. The molecular formula is C14H18N3O5PS-2. The Balaban J connectivity index is 2.39. The van der Waals surface area contributed by atoms with E-state index in [0.29, 0.717) is 11.0 Å². The topological polar surface area (TPSA) is 119 Å². The standard InChI is InChI=1S/C14H20N3O5PS/c1-3-8-24-10-4-5-12-11(9-10)15-13(16-14(18)22-2)17(12)6-7-23(19,20)21/h4-5,9H,3,6-8H2,1-2H3,(H,15,16,18)(H2,19,20,21)/p-2. The van der Waals surface area contributed by atoms with Gasteiger partial charge in [-0.15, -0.1) is 11.8 Å². The van der Waals surface area contributed by atoms with Crippen LogP contribution in [0.1, 0.15) is 13.3 Å². The van der Waals surface area contributed by atoms with Crippen molar-refractivity contribution in [2.45, 2.75) is 24.8 Å². The second-order valence-corrected chi connectivity index (χ2v) is 7.87. The van der Waals surface area contributed by atoms with Crippen LogP contribution < -0.4 is 15.1 Å². The summed E-state index contributed by atoms with van der Waals surface area (Å²) in [5, 5.41) is 2.44. The van der Waals surface area contributed by atoms with Gasteiger partial charge in [0.2, 0.25) is 5.95 Å². The number of hydrogen-bond acceptors (Lipinski definition) is 7. The van der Waals surface area contributed by atoms with Gasteiger partial charge in [-0.1, -0.05) is 14.5 Å². The number of hydrogen-bond donors (Lipinski definition) is 1. The first-order valence-corrected chi connectivity index (χ1v) is 10.0. The van der Waals surface area contributed by atoms with E-state index in [-0.39, 0.29) is 12.5 Å². The van der Waals surface area contributed by atoms with Crippen LogP contribution in [0.5, 0.6) is 0 Å². The maximum atomic E-state index is 11.5. The summed E-state index contributed by atoms with van der Waals surface area (Å²) in [5.74, 6) is 1.11. The maximum Gasteiger partial charge on any atom is 0.413 e. The van der Waals surface area contributed by atoms with Gasteiger partial charge >= 0.3 is 6.09 Å². The van der Waals surface area contributed by atoms with E-state index in [4.69, 9.17) is 0 Å². The Hall–Kier alpha value is -1.54. The molecule has 0 bridgehead atoms. The molecule has 1 N–H and O–H groups in total. The van der Waals surface area contributed by atoms with Crippen LogP contribution in [0, 0.1) is 0 Å². The predicted molar refractivity (Wildman–Crippen MR) is 89.2 cm³/mol. The van der Waals surface area contributed by atoms with Crippen LogP contribution >= 0.6 is 19.4 Å². The van der Waals surface area contributed by atoms with E-state index in [9.17, 15) is 19.1 Å². The first-order chi connectivity index (χ1) is 11.3. The van der Waals surface area contributed by atoms with E-state index in [1.165, 1.54) is 11.7 Å². The summed E-state index contributed by atoms with van der Waals surface area (Å²) in [5.41, 5.74) is 1.24. The molecule has 24 heavy (non-hydrogen) atoms. The number of ether oxygens (including phenoxy) is 1. The molecule has 1 aromatic heterocycles. The van der Waals surface area contributed by atoms with Crippen LogP contribution in [0.2, 0.25) is 0 Å². The molecule has 2 aromatic rings. The van der Waals surface area contributed by atoms with E-state index in [2.05, 4.69) is 22.0 Å². The Morgan fingerprint density at radius 1 is 1.46 bits per heavy atom. The second-order valence-electron chi connectivity index (χ2n) is 5.04. The molecule has 132 valence electrons. The number of carbonyl (C=O) groups excluding carboxylic acids is 1. The van der Waals surface area contributed by atoms with Crippen molar-refractivity contribution in [2.24, 2.45) is 0 Å². The molecule has 0 radical (unpaired) electrons. The minimum atomic E-state index is -4.67. The molecule has 0 aliphatic rings. The Kier molecular flexibility index (Phi) is 6.28. The van der Waals surface area contributed by atoms with E-state index < -0.39 is 19.9 Å². The average molecular weight is 371 g/mol. The van der Waals surface area contributed by atoms with Crippen molar-refractivity contribution in [1.82, 2.24) is 9.55 Å². The van der Waals surface area contributed by atoms with E-state index in [1.54, 1.807) is 17.8 Å². The number of methoxy groups -OCH3 is 1. The Morgan fingerprint density at radius 2 is 2.21 bits per heavy atom. The van der Waals surface area contributed by atoms with Crippen molar-refractivity contribution in [1.29, 1.82) is 0 Å². The van der Waals surface area contributed by atoms with Gasteiger partial charge in [-0.25, -0.2) is 9.78 Å². The summed E-state index contributed by atoms with van der Waals surface area (Å²) >= 11 is 1.68. The minimum absolute atomic E-state index is 0.0957. The summed E-state index contributed by atoms with van der Waals surface area (Å²) in [4.78, 5) is 38.7. The molecule has 0 saturated heterocycles. The van der Waals surface area contributed by atoms with Gasteiger partial charge < -0.3 is 23.7 Å². The summed E-state index contributed by atoms with van der Waals surface area (Å²) in [6.07, 6.45) is -0.255. The lowest BCUT2D eigenvalue weighted by atomic mass is 10.3. The van der Waals surface area contributed by atoms with Crippen LogP contribution in [0.3, 0.4) is 0 Å². The Morgan fingerprint density at radius 3 is 2.83 bits per heavy atom. The van der Waals surface area contributed by atoms with Crippen LogP contribution in [-0.4, -0.2) is 34.7 Å². The Labute approximate surface area is 143 Å². The van der Waals surface area contributed by atoms with Crippen molar-refractivity contribution in [2.75, 3.05) is 24.3 Å². The average Bonchev–Trinajstić information content (AvgIpc) is 2.86. The number of carbonyl (C=O) groups is 1. The van der Waals surface area contributed by atoms with E-state index >= 15 is 0 Å². The number of rotatable bonds is 7. The number of aryl methyl sites for hydroxylation is 1. The van der Waals surface area contributed by atoms with Crippen molar-refractivity contribution in [3.05, 3.63) is 18.2 Å². The molecule has 0 aliphatic heterocycles. The molecule has 0 atom stereocenters. The molecule has 0 saturated carbocycles. The largest absolute Gasteiger partial charge is 0.811 e. The van der Waals surface area contributed by atoms with Gasteiger partial charge in [0.25, 0.3) is 0 Å². The number of fused-ring (bicyclic) bond motifs is 1. The van der Waals surface area contributed by atoms with Gasteiger partial charge in [0.05, 0.1) is 18.1 Å². The third-order valence-electron chi connectivity index (χ3n) is 3.19. The maximum absolute atomic E-state index is 11.5. The number of anilines is 1. The molecule has 8 nitrogen and oxygen atoms in total. The zero-order valence-corrected chi connectivity index (χ0v) is 15.1. The van der Waals surface area contributed by atoms with Gasteiger partial charge in [0.1, 0.15) is 0 Å². The van der Waals surface area contributed by atoms with Crippen molar-refractivity contribution in [3.63, 3.8) is 0 Å². The number of amides is 1. The van der Waals surface area contributed by atoms with Gasteiger partial charge in [-0.2, -0.15) is 0 Å². The van der Waals surface area contributed by atoms with Crippen LogP contribution in [-0.2, 0) is 15.8 Å². The predicted octanol–water partition coefficient (Wildman–Crippen LogP) is 1.63. The van der Waals surface area contributed by atoms with E-state index in [1.807, 2.05) is 12.1 Å². The highest BCUT2D eigenvalue weighted by atomic mass is 32.2. The summed E-state index contributed by atoms with van der Waals surface area (Å²) < 4.78 is 17.0. The molecule has 2 rings (SSSR count). The first kappa shape index (κ1) is 18.8. The molecule has 0 fully saturated rings. The minimum Gasteiger partial charge on any atom is -0.811 e. The smallest absolute Gasteiger partial charge is 0.413 e. The summed E-state index contributed by atoms with van der Waals surface area (Å²) in [6.45, 7) is 1.99. The normalized spacial score (nSPS) is 11.7. The number of benzene rings is 1. The fraction of sp³-hybridized carbons (Fsp3) is 0.429. The number of imidazole rings is 1. The molecule has 1 heterocycles. The lowest BCUT2D eigenvalue weighted by Crippen LogP contribution is -2.21. The summed E-state index contributed by atoms with van der Waals surface area (Å²) in [6, 6.07) is 5.56. The van der Waals surface area contributed by atoms with Crippen molar-refractivity contribution >= 4 is 42.4 Å². The van der Waals surface area contributed by atoms with Gasteiger partial charge in [-0.3, -0.25) is 5.32 Å². The zero-order chi connectivity index (χ0) is 17.7. The van der Waals surface area contributed by atoms with Crippen molar-refractivity contribution < 1.29 is 23.9 Å². The van der Waals surface area contributed by atoms with Gasteiger partial charge in [-0.05, 0) is 36.5 Å². The highest BCUT2D eigenvalue weighted by Crippen LogP contribution is 2.29. The highest BCUT2D eigenvalue weighted by molar-refractivity contribution is 7.99. The highest BCUT2D eigenvalue weighted by Gasteiger charge is 2.14. The molecule has 0 unspecified atom stereocenters. The summed E-state index contributed by atoms with van der Waals surface area (Å²) in [7, 11) is -3.45. The lowest BCUT2D eigenvalue weighted by Gasteiger charge is -2.29. The van der Waals surface area contributed by atoms with E-state index in [0.717, 1.165) is 17.1 Å². The quantitative estimate of drug-likeness (QED) is 0.580.